The normalized spacial score (nSPS) is 11.5. The summed E-state index contributed by atoms with van der Waals surface area (Å²) in [7, 11) is 0. The molecule has 0 unspecified atom stereocenters. The van der Waals surface area contributed by atoms with E-state index < -0.39 is 0 Å². The minimum atomic E-state index is 0.873. The first-order chi connectivity index (χ1) is 28.3. The predicted octanol–water partition coefficient (Wildman–Crippen LogP) is 15.2. The van der Waals surface area contributed by atoms with Gasteiger partial charge in [0.1, 0.15) is 11.2 Å². The van der Waals surface area contributed by atoms with Gasteiger partial charge in [-0.05, 0) is 94.5 Å². The zero-order valence-corrected chi connectivity index (χ0v) is 31.1. The summed E-state index contributed by atoms with van der Waals surface area (Å²) in [6.45, 7) is 0. The Labute approximate surface area is 330 Å². The number of anilines is 3. The third-order valence-corrected chi connectivity index (χ3v) is 11.2. The molecule has 0 spiro atoms. The van der Waals surface area contributed by atoms with Crippen molar-refractivity contribution >= 4 is 60.8 Å². The van der Waals surface area contributed by atoms with Crippen molar-refractivity contribution < 1.29 is 4.42 Å². The smallest absolute Gasteiger partial charge is 0.143 e. The van der Waals surface area contributed by atoms with Gasteiger partial charge >= 0.3 is 0 Å². The second-order valence-electron chi connectivity index (χ2n) is 14.5. The maximum atomic E-state index is 6.73. The zero-order chi connectivity index (χ0) is 37.7. The van der Waals surface area contributed by atoms with Crippen LogP contribution in [0.15, 0.2) is 223 Å². The minimum absolute atomic E-state index is 0.873. The van der Waals surface area contributed by atoms with Crippen LogP contribution in [0, 0.1) is 0 Å². The molecular weight excluding hydrogens is 693 g/mol. The molecule has 0 saturated carbocycles. The van der Waals surface area contributed by atoms with Crippen LogP contribution in [0.5, 0.6) is 0 Å². The number of fused-ring (bicyclic) bond motifs is 6. The van der Waals surface area contributed by atoms with Crippen LogP contribution in [0.3, 0.4) is 0 Å². The molecule has 0 atom stereocenters. The van der Waals surface area contributed by atoms with Crippen molar-refractivity contribution in [2.45, 2.75) is 0 Å². The van der Waals surface area contributed by atoms with Crippen molar-refractivity contribution in [2.24, 2.45) is 0 Å². The number of hydrogen-bond donors (Lipinski definition) is 0. The average molecular weight is 729 g/mol. The van der Waals surface area contributed by atoms with Crippen LogP contribution in [0.25, 0.3) is 82.8 Å². The van der Waals surface area contributed by atoms with Crippen LogP contribution in [0.1, 0.15) is 0 Å². The summed E-state index contributed by atoms with van der Waals surface area (Å²) in [5.74, 6) is 0. The number of rotatable bonds is 7. The maximum Gasteiger partial charge on any atom is 0.143 e. The lowest BCUT2D eigenvalue weighted by Gasteiger charge is -2.26. The summed E-state index contributed by atoms with van der Waals surface area (Å²) in [6, 6.07) is 78.0. The highest BCUT2D eigenvalue weighted by molar-refractivity contribution is 6.12. The van der Waals surface area contributed by atoms with E-state index in [2.05, 4.69) is 222 Å². The van der Waals surface area contributed by atoms with Crippen molar-refractivity contribution in [2.75, 3.05) is 4.90 Å². The summed E-state index contributed by atoms with van der Waals surface area (Å²) in [6.07, 6.45) is 0. The number of aromatic nitrogens is 1. The van der Waals surface area contributed by atoms with Crippen LogP contribution < -0.4 is 4.90 Å². The molecular formula is C54H36N2O. The number of para-hydroxylation sites is 4. The van der Waals surface area contributed by atoms with Crippen LogP contribution in [0.4, 0.5) is 17.1 Å². The molecule has 57 heavy (non-hydrogen) atoms. The fourth-order valence-corrected chi connectivity index (χ4v) is 8.48. The monoisotopic (exact) mass is 728 g/mol. The fraction of sp³-hybridized carbons (Fsp3) is 0. The molecule has 0 fully saturated rings. The molecule has 0 aliphatic heterocycles. The average Bonchev–Trinajstić information content (AvgIpc) is 3.83. The number of benzene rings is 9. The molecule has 0 bridgehead atoms. The molecule has 0 aliphatic rings. The second-order valence-corrected chi connectivity index (χ2v) is 14.5. The highest BCUT2D eigenvalue weighted by atomic mass is 16.3. The summed E-state index contributed by atoms with van der Waals surface area (Å²) < 4.78 is 9.11. The number of furan rings is 1. The first-order valence-electron chi connectivity index (χ1n) is 19.4. The van der Waals surface area contributed by atoms with E-state index in [0.717, 1.165) is 55.8 Å². The zero-order valence-electron chi connectivity index (χ0n) is 31.1. The largest absolute Gasteiger partial charge is 0.455 e. The van der Waals surface area contributed by atoms with E-state index in [0.29, 0.717) is 0 Å². The first kappa shape index (κ1) is 32.8. The lowest BCUT2D eigenvalue weighted by Crippen LogP contribution is -2.10. The second kappa shape index (κ2) is 13.6. The predicted molar refractivity (Wildman–Crippen MR) is 239 cm³/mol. The standard InChI is InChI=1S/C54H36N2O/c1-3-14-37(15-4-1)38-26-28-39(29-27-38)40-30-32-43(33-31-40)55(42-17-5-2-6-18-42)45-35-49(54-50(36-45)48-22-9-12-25-53(48)57-54)41-16-13-19-44(34-41)56-51-23-10-7-20-46(51)47-21-8-11-24-52(47)56/h1-36H. The summed E-state index contributed by atoms with van der Waals surface area (Å²) in [4.78, 5) is 2.35. The van der Waals surface area contributed by atoms with Crippen LogP contribution >= 0.6 is 0 Å². The van der Waals surface area contributed by atoms with Gasteiger partial charge in [0, 0.05) is 49.9 Å². The molecule has 3 heteroatoms. The SMILES string of the molecule is c1ccc(-c2ccc(-c3ccc(N(c4ccccc4)c4cc(-c5cccc(-n6c7ccccc7c7ccccc76)c5)c5oc6ccccc6c5c4)cc3)cc2)cc1. The Hall–Kier alpha value is -7.62. The van der Waals surface area contributed by atoms with Gasteiger partial charge in [0.05, 0.1) is 11.0 Å². The van der Waals surface area contributed by atoms with Crippen molar-refractivity contribution in [1.29, 1.82) is 0 Å². The topological polar surface area (TPSA) is 21.3 Å². The van der Waals surface area contributed by atoms with Crippen molar-refractivity contribution in [1.82, 2.24) is 4.57 Å². The van der Waals surface area contributed by atoms with Gasteiger partial charge in [0.25, 0.3) is 0 Å². The molecule has 0 N–H and O–H groups in total. The Kier molecular flexibility index (Phi) is 7.82. The molecule has 9 aromatic carbocycles. The van der Waals surface area contributed by atoms with Crippen LogP contribution in [-0.2, 0) is 0 Å². The van der Waals surface area contributed by atoms with Crippen LogP contribution in [-0.4, -0.2) is 4.57 Å². The molecule has 3 nitrogen and oxygen atoms in total. The van der Waals surface area contributed by atoms with Gasteiger partial charge in [-0.2, -0.15) is 0 Å². The van der Waals surface area contributed by atoms with Crippen molar-refractivity contribution in [3.8, 4) is 39.1 Å². The molecule has 0 radical (unpaired) electrons. The highest BCUT2D eigenvalue weighted by Gasteiger charge is 2.20. The Morgan fingerprint density at radius 3 is 1.51 bits per heavy atom. The van der Waals surface area contributed by atoms with E-state index in [1.807, 2.05) is 6.07 Å². The molecule has 11 rings (SSSR count). The summed E-state index contributed by atoms with van der Waals surface area (Å²) >= 11 is 0. The molecule has 11 aromatic rings. The first-order valence-corrected chi connectivity index (χ1v) is 19.4. The van der Waals surface area contributed by atoms with Crippen molar-refractivity contribution in [3.63, 3.8) is 0 Å². The third-order valence-electron chi connectivity index (χ3n) is 11.2. The minimum Gasteiger partial charge on any atom is -0.455 e. The quantitative estimate of drug-likeness (QED) is 0.163. The van der Waals surface area contributed by atoms with E-state index >= 15 is 0 Å². The van der Waals surface area contributed by atoms with Gasteiger partial charge in [0.15, 0.2) is 0 Å². The maximum absolute atomic E-state index is 6.73. The van der Waals surface area contributed by atoms with E-state index in [4.69, 9.17) is 4.42 Å². The van der Waals surface area contributed by atoms with E-state index in [-0.39, 0.29) is 0 Å². The Bertz CT molecular complexity index is 3160. The van der Waals surface area contributed by atoms with E-state index in [1.54, 1.807) is 0 Å². The summed E-state index contributed by atoms with van der Waals surface area (Å²) in [5, 5.41) is 4.66. The number of nitrogens with zero attached hydrogens (tertiary/aromatic N) is 2. The summed E-state index contributed by atoms with van der Waals surface area (Å²) in [5.41, 5.74) is 15.3. The van der Waals surface area contributed by atoms with Crippen LogP contribution in [0.2, 0.25) is 0 Å². The lowest BCUT2D eigenvalue weighted by atomic mass is 9.99. The van der Waals surface area contributed by atoms with Gasteiger partial charge in [-0.3, -0.25) is 0 Å². The van der Waals surface area contributed by atoms with Gasteiger partial charge in [-0.15, -0.1) is 0 Å². The lowest BCUT2D eigenvalue weighted by molar-refractivity contribution is 0.670. The van der Waals surface area contributed by atoms with E-state index in [9.17, 15) is 0 Å². The van der Waals surface area contributed by atoms with Crippen molar-refractivity contribution in [3.05, 3.63) is 218 Å². The molecule has 0 amide bonds. The fourth-order valence-electron chi connectivity index (χ4n) is 8.48. The van der Waals surface area contributed by atoms with Gasteiger partial charge < -0.3 is 13.9 Å². The van der Waals surface area contributed by atoms with Gasteiger partial charge in [-0.25, -0.2) is 0 Å². The molecule has 2 aromatic heterocycles. The Morgan fingerprint density at radius 1 is 0.333 bits per heavy atom. The Morgan fingerprint density at radius 2 is 0.842 bits per heavy atom. The van der Waals surface area contributed by atoms with Gasteiger partial charge in [0.2, 0.25) is 0 Å². The molecule has 0 aliphatic carbocycles. The van der Waals surface area contributed by atoms with Gasteiger partial charge in [-0.1, -0.05) is 152 Å². The number of hydrogen-bond acceptors (Lipinski definition) is 2. The molecule has 0 saturated heterocycles. The molecule has 2 heterocycles. The Balaban J connectivity index is 1.07. The highest BCUT2D eigenvalue weighted by Crippen LogP contribution is 2.44. The molecule has 268 valence electrons. The third kappa shape index (κ3) is 5.68. The van der Waals surface area contributed by atoms with E-state index in [1.165, 1.54) is 44.1 Å².